The van der Waals surface area contributed by atoms with Crippen LogP contribution < -0.4 is 5.30 Å². The Morgan fingerprint density at radius 1 is 1.31 bits per heavy atom. The fourth-order valence-corrected chi connectivity index (χ4v) is 1.53. The van der Waals surface area contributed by atoms with Gasteiger partial charge in [-0.05, 0) is 24.1 Å². The molecular formula is C9H11O3P. The highest BCUT2D eigenvalue weighted by atomic mass is 31.2. The third-order valence-electron chi connectivity index (χ3n) is 1.65. The summed E-state index contributed by atoms with van der Waals surface area (Å²) in [5.74, 6) is 0. The van der Waals surface area contributed by atoms with Crippen molar-refractivity contribution in [2.24, 2.45) is 0 Å². The zero-order chi connectivity index (χ0) is 9.90. The summed E-state index contributed by atoms with van der Waals surface area (Å²) < 4.78 is 10.8. The van der Waals surface area contributed by atoms with Crippen LogP contribution in [0.25, 0.3) is 0 Å². The maximum atomic E-state index is 10.8. The number of hydrogen-bond acceptors (Lipinski definition) is 1. The SMILES string of the molecule is C=CCc1ccc(P(=O)(O)O)cc1. The van der Waals surface area contributed by atoms with Gasteiger partial charge >= 0.3 is 7.60 Å². The summed E-state index contributed by atoms with van der Waals surface area (Å²) in [6, 6.07) is 6.27. The maximum Gasteiger partial charge on any atom is 0.356 e. The second kappa shape index (κ2) is 3.88. The van der Waals surface area contributed by atoms with Gasteiger partial charge in [-0.1, -0.05) is 18.2 Å². The second-order valence-electron chi connectivity index (χ2n) is 2.70. The predicted molar refractivity (Wildman–Crippen MR) is 52.0 cm³/mol. The second-order valence-corrected chi connectivity index (χ2v) is 4.31. The van der Waals surface area contributed by atoms with E-state index in [1.54, 1.807) is 18.2 Å². The van der Waals surface area contributed by atoms with Crippen LogP contribution in [0, 0.1) is 0 Å². The fourth-order valence-electron chi connectivity index (χ4n) is 0.993. The lowest BCUT2D eigenvalue weighted by atomic mass is 10.2. The lowest BCUT2D eigenvalue weighted by Crippen LogP contribution is -2.02. The van der Waals surface area contributed by atoms with Gasteiger partial charge in [0.05, 0.1) is 5.30 Å². The van der Waals surface area contributed by atoms with Crippen molar-refractivity contribution in [3.63, 3.8) is 0 Å². The van der Waals surface area contributed by atoms with Crippen LogP contribution in [0.4, 0.5) is 0 Å². The zero-order valence-electron chi connectivity index (χ0n) is 7.05. The number of hydrogen-bond donors (Lipinski definition) is 2. The molecular weight excluding hydrogens is 187 g/mol. The molecule has 0 aromatic heterocycles. The lowest BCUT2D eigenvalue weighted by molar-refractivity contribution is 0.387. The molecule has 0 atom stereocenters. The molecule has 0 aliphatic rings. The van der Waals surface area contributed by atoms with E-state index in [1.165, 1.54) is 12.1 Å². The predicted octanol–water partition coefficient (Wildman–Crippen LogP) is 1.22. The average Bonchev–Trinajstić information content (AvgIpc) is 2.04. The van der Waals surface area contributed by atoms with Crippen molar-refractivity contribution in [2.75, 3.05) is 0 Å². The summed E-state index contributed by atoms with van der Waals surface area (Å²) in [5, 5.41) is 0.0558. The van der Waals surface area contributed by atoms with E-state index in [9.17, 15) is 4.57 Å². The Labute approximate surface area is 76.9 Å². The van der Waals surface area contributed by atoms with Crippen molar-refractivity contribution in [1.82, 2.24) is 0 Å². The van der Waals surface area contributed by atoms with Crippen LogP contribution in [-0.2, 0) is 11.0 Å². The maximum absolute atomic E-state index is 10.8. The van der Waals surface area contributed by atoms with Crippen molar-refractivity contribution in [3.05, 3.63) is 42.5 Å². The fraction of sp³-hybridized carbons (Fsp3) is 0.111. The van der Waals surface area contributed by atoms with Crippen LogP contribution in [0.1, 0.15) is 5.56 Å². The topological polar surface area (TPSA) is 57.5 Å². The molecule has 0 unspecified atom stereocenters. The molecule has 3 nitrogen and oxygen atoms in total. The quantitative estimate of drug-likeness (QED) is 0.567. The van der Waals surface area contributed by atoms with Crippen molar-refractivity contribution in [2.45, 2.75) is 6.42 Å². The van der Waals surface area contributed by atoms with E-state index in [1.807, 2.05) is 0 Å². The molecule has 0 amide bonds. The minimum Gasteiger partial charge on any atom is -0.321 e. The van der Waals surface area contributed by atoms with Crippen LogP contribution in [0.3, 0.4) is 0 Å². The Kier molecular flexibility index (Phi) is 3.04. The van der Waals surface area contributed by atoms with Crippen molar-refractivity contribution < 1.29 is 14.4 Å². The molecule has 2 N–H and O–H groups in total. The van der Waals surface area contributed by atoms with Gasteiger partial charge in [0.25, 0.3) is 0 Å². The third-order valence-corrected chi connectivity index (χ3v) is 2.62. The van der Waals surface area contributed by atoms with Crippen molar-refractivity contribution in [3.8, 4) is 0 Å². The molecule has 13 heavy (non-hydrogen) atoms. The standard InChI is InChI=1S/C9H11O3P/c1-2-3-8-4-6-9(7-5-8)13(10,11)12/h2,4-7H,1,3H2,(H2,10,11,12). The minimum absolute atomic E-state index is 0.0558. The van der Waals surface area contributed by atoms with E-state index >= 15 is 0 Å². The van der Waals surface area contributed by atoms with E-state index in [2.05, 4.69) is 6.58 Å². The molecule has 4 heteroatoms. The Balaban J connectivity index is 2.94. The third kappa shape index (κ3) is 2.81. The molecule has 0 fully saturated rings. The smallest absolute Gasteiger partial charge is 0.321 e. The van der Waals surface area contributed by atoms with Crippen LogP contribution in [0.15, 0.2) is 36.9 Å². The molecule has 0 aliphatic carbocycles. The molecule has 1 aromatic rings. The lowest BCUT2D eigenvalue weighted by Gasteiger charge is -2.03. The Bertz CT molecular complexity index is 336. The summed E-state index contributed by atoms with van der Waals surface area (Å²) in [7, 11) is -4.08. The first-order chi connectivity index (χ1) is 6.04. The highest BCUT2D eigenvalue weighted by Crippen LogP contribution is 2.32. The molecule has 0 aliphatic heterocycles. The van der Waals surface area contributed by atoms with Gasteiger partial charge in [0.2, 0.25) is 0 Å². The number of allylic oxidation sites excluding steroid dienone is 1. The van der Waals surface area contributed by atoms with Gasteiger partial charge in [-0.15, -0.1) is 6.58 Å². The monoisotopic (exact) mass is 198 g/mol. The summed E-state index contributed by atoms with van der Waals surface area (Å²) in [5.41, 5.74) is 0.993. The molecule has 0 heterocycles. The molecule has 0 saturated carbocycles. The van der Waals surface area contributed by atoms with Gasteiger partial charge in [0.1, 0.15) is 0 Å². The average molecular weight is 198 g/mol. The van der Waals surface area contributed by atoms with Crippen molar-refractivity contribution >= 4 is 12.9 Å². The van der Waals surface area contributed by atoms with E-state index in [-0.39, 0.29) is 5.30 Å². The molecule has 0 spiro atoms. The Morgan fingerprint density at radius 3 is 2.23 bits per heavy atom. The zero-order valence-corrected chi connectivity index (χ0v) is 7.95. The molecule has 0 radical (unpaired) electrons. The van der Waals surface area contributed by atoms with Gasteiger partial charge in [0.15, 0.2) is 0 Å². The van der Waals surface area contributed by atoms with Gasteiger partial charge in [-0.25, -0.2) is 0 Å². The molecule has 1 rings (SSSR count). The summed E-state index contributed by atoms with van der Waals surface area (Å²) in [6.07, 6.45) is 2.45. The number of rotatable bonds is 3. The van der Waals surface area contributed by atoms with Gasteiger partial charge < -0.3 is 9.79 Å². The highest BCUT2D eigenvalue weighted by Gasteiger charge is 2.15. The van der Waals surface area contributed by atoms with E-state index < -0.39 is 7.60 Å². The van der Waals surface area contributed by atoms with Crippen LogP contribution in [-0.4, -0.2) is 9.79 Å². The normalized spacial score (nSPS) is 11.2. The highest BCUT2D eigenvalue weighted by molar-refractivity contribution is 7.60. The molecule has 0 saturated heterocycles. The van der Waals surface area contributed by atoms with Crippen molar-refractivity contribution in [1.29, 1.82) is 0 Å². The van der Waals surface area contributed by atoms with Gasteiger partial charge in [-0.3, -0.25) is 4.57 Å². The van der Waals surface area contributed by atoms with Crippen LogP contribution in [0.2, 0.25) is 0 Å². The van der Waals surface area contributed by atoms with E-state index in [0.29, 0.717) is 6.42 Å². The Morgan fingerprint density at radius 2 is 1.85 bits per heavy atom. The van der Waals surface area contributed by atoms with Gasteiger partial charge in [-0.2, -0.15) is 0 Å². The Hall–Kier alpha value is -0.890. The first kappa shape index (κ1) is 10.2. The first-order valence-corrected chi connectivity index (χ1v) is 5.41. The first-order valence-electron chi connectivity index (χ1n) is 3.80. The summed E-state index contributed by atoms with van der Waals surface area (Å²) in [6.45, 7) is 3.57. The molecule has 1 aromatic carbocycles. The van der Waals surface area contributed by atoms with E-state index in [4.69, 9.17) is 9.79 Å². The van der Waals surface area contributed by atoms with Crippen LogP contribution >= 0.6 is 7.60 Å². The minimum atomic E-state index is -4.08. The van der Waals surface area contributed by atoms with Crippen LogP contribution in [0.5, 0.6) is 0 Å². The van der Waals surface area contributed by atoms with E-state index in [0.717, 1.165) is 5.56 Å². The summed E-state index contributed by atoms with van der Waals surface area (Å²) in [4.78, 5) is 17.6. The van der Waals surface area contributed by atoms with Gasteiger partial charge in [0, 0.05) is 0 Å². The largest absolute Gasteiger partial charge is 0.356 e. The summed E-state index contributed by atoms with van der Waals surface area (Å²) >= 11 is 0. The molecule has 70 valence electrons. The number of benzene rings is 1. The molecule has 0 bridgehead atoms.